The number of benzene rings is 2. The Hall–Kier alpha value is -1.96. The van der Waals surface area contributed by atoms with Crippen molar-refractivity contribution in [1.29, 1.82) is 0 Å². The van der Waals surface area contributed by atoms with Crippen molar-refractivity contribution < 1.29 is 9.18 Å². The first kappa shape index (κ1) is 12.5. The Morgan fingerprint density at radius 1 is 1.00 bits per heavy atom. The van der Waals surface area contributed by atoms with E-state index in [1.807, 2.05) is 32.0 Å². The van der Waals surface area contributed by atoms with E-state index in [2.05, 4.69) is 0 Å². The quantitative estimate of drug-likeness (QED) is 0.747. The van der Waals surface area contributed by atoms with Gasteiger partial charge in [0.15, 0.2) is 5.78 Å². The van der Waals surface area contributed by atoms with Crippen LogP contribution in [0, 0.1) is 19.7 Å². The summed E-state index contributed by atoms with van der Waals surface area (Å²) >= 11 is 0. The van der Waals surface area contributed by atoms with Crippen molar-refractivity contribution in [2.24, 2.45) is 0 Å². The Kier molecular flexibility index (Phi) is 3.56. The number of halogens is 1. The van der Waals surface area contributed by atoms with E-state index in [0.29, 0.717) is 12.0 Å². The zero-order chi connectivity index (χ0) is 13.1. The fourth-order valence-electron chi connectivity index (χ4n) is 1.84. The largest absolute Gasteiger partial charge is 0.294 e. The summed E-state index contributed by atoms with van der Waals surface area (Å²) in [5.41, 5.74) is 3.94. The zero-order valence-corrected chi connectivity index (χ0v) is 10.5. The summed E-state index contributed by atoms with van der Waals surface area (Å²) in [6.45, 7) is 4.07. The van der Waals surface area contributed by atoms with Gasteiger partial charge in [0, 0.05) is 12.0 Å². The summed E-state index contributed by atoms with van der Waals surface area (Å²) in [6, 6.07) is 11.7. The molecule has 0 saturated heterocycles. The van der Waals surface area contributed by atoms with Gasteiger partial charge in [-0.15, -0.1) is 0 Å². The minimum atomic E-state index is -0.322. The molecule has 0 aromatic heterocycles. The maximum Gasteiger partial charge on any atom is 0.167 e. The van der Waals surface area contributed by atoms with E-state index in [1.165, 1.54) is 35.4 Å². The summed E-state index contributed by atoms with van der Waals surface area (Å²) in [7, 11) is 0. The molecule has 92 valence electrons. The second-order valence-electron chi connectivity index (χ2n) is 4.53. The molecule has 2 rings (SSSR count). The van der Waals surface area contributed by atoms with Crippen LogP contribution in [-0.4, -0.2) is 5.78 Å². The zero-order valence-electron chi connectivity index (χ0n) is 10.5. The number of hydrogen-bond acceptors (Lipinski definition) is 1. The number of aryl methyl sites for hydroxylation is 2. The molecule has 0 unspecified atom stereocenters. The Bertz CT molecular complexity index is 570. The van der Waals surface area contributed by atoms with Crippen LogP contribution in [-0.2, 0) is 6.42 Å². The third kappa shape index (κ3) is 2.83. The maximum absolute atomic E-state index is 12.8. The predicted octanol–water partition coefficient (Wildman–Crippen LogP) is 3.87. The number of ketones is 1. The number of carbonyl (C=O) groups is 1. The van der Waals surface area contributed by atoms with Crippen LogP contribution in [0.15, 0.2) is 42.5 Å². The van der Waals surface area contributed by atoms with Crippen LogP contribution in [0.4, 0.5) is 4.39 Å². The molecule has 0 aliphatic heterocycles. The molecule has 0 aliphatic rings. The summed E-state index contributed by atoms with van der Waals surface area (Å²) in [5.74, 6) is -0.309. The lowest BCUT2D eigenvalue weighted by molar-refractivity contribution is 0.0993. The molecule has 0 fully saturated rings. The fourth-order valence-corrected chi connectivity index (χ4v) is 1.84. The lowest BCUT2D eigenvalue weighted by Gasteiger charge is -2.05. The van der Waals surface area contributed by atoms with Crippen LogP contribution in [0.25, 0.3) is 0 Å². The summed E-state index contributed by atoms with van der Waals surface area (Å²) in [4.78, 5) is 12.0. The predicted molar refractivity (Wildman–Crippen MR) is 70.4 cm³/mol. The third-order valence-electron chi connectivity index (χ3n) is 3.10. The first-order chi connectivity index (χ1) is 8.56. The Balaban J connectivity index is 2.16. The average Bonchev–Trinajstić information content (AvgIpc) is 2.34. The van der Waals surface area contributed by atoms with E-state index < -0.39 is 0 Å². The van der Waals surface area contributed by atoms with Crippen molar-refractivity contribution in [2.45, 2.75) is 20.3 Å². The number of carbonyl (C=O) groups excluding carboxylic acids is 1. The van der Waals surface area contributed by atoms with Gasteiger partial charge >= 0.3 is 0 Å². The monoisotopic (exact) mass is 242 g/mol. The van der Waals surface area contributed by atoms with Gasteiger partial charge in [0.2, 0.25) is 0 Å². The van der Waals surface area contributed by atoms with Crippen LogP contribution in [0.2, 0.25) is 0 Å². The van der Waals surface area contributed by atoms with Gasteiger partial charge < -0.3 is 0 Å². The molecule has 0 amide bonds. The van der Waals surface area contributed by atoms with Crippen LogP contribution >= 0.6 is 0 Å². The summed E-state index contributed by atoms with van der Waals surface area (Å²) in [6.07, 6.45) is 0.354. The molecular weight excluding hydrogens is 227 g/mol. The van der Waals surface area contributed by atoms with Crippen molar-refractivity contribution in [1.82, 2.24) is 0 Å². The van der Waals surface area contributed by atoms with Gasteiger partial charge in [-0.2, -0.15) is 0 Å². The van der Waals surface area contributed by atoms with Gasteiger partial charge in [0.25, 0.3) is 0 Å². The molecule has 0 bridgehead atoms. The Morgan fingerprint density at radius 2 is 1.67 bits per heavy atom. The van der Waals surface area contributed by atoms with Crippen LogP contribution in [0.5, 0.6) is 0 Å². The van der Waals surface area contributed by atoms with E-state index in [0.717, 1.165) is 5.56 Å². The highest BCUT2D eigenvalue weighted by atomic mass is 19.1. The van der Waals surface area contributed by atoms with Gasteiger partial charge in [0.1, 0.15) is 5.82 Å². The molecule has 0 spiro atoms. The molecule has 0 saturated carbocycles. The highest BCUT2D eigenvalue weighted by molar-refractivity contribution is 5.97. The van der Waals surface area contributed by atoms with Crippen molar-refractivity contribution in [3.8, 4) is 0 Å². The summed E-state index contributed by atoms with van der Waals surface area (Å²) in [5, 5.41) is 0. The number of rotatable bonds is 3. The highest BCUT2D eigenvalue weighted by Crippen LogP contribution is 2.13. The molecule has 0 radical (unpaired) electrons. The first-order valence-electron chi connectivity index (χ1n) is 5.91. The van der Waals surface area contributed by atoms with Crippen molar-refractivity contribution >= 4 is 5.78 Å². The van der Waals surface area contributed by atoms with Crippen LogP contribution in [0.3, 0.4) is 0 Å². The van der Waals surface area contributed by atoms with E-state index in [9.17, 15) is 9.18 Å². The standard InChI is InChI=1S/C16H15FO/c1-11-3-4-13(9-12(11)2)10-16(18)14-5-7-15(17)8-6-14/h3-9H,10H2,1-2H3. The molecule has 0 heterocycles. The number of hydrogen-bond donors (Lipinski definition) is 0. The molecule has 2 heteroatoms. The van der Waals surface area contributed by atoms with E-state index in [1.54, 1.807) is 0 Å². The Morgan fingerprint density at radius 3 is 2.28 bits per heavy atom. The molecule has 0 N–H and O–H groups in total. The molecule has 18 heavy (non-hydrogen) atoms. The van der Waals surface area contributed by atoms with Gasteiger partial charge in [-0.1, -0.05) is 18.2 Å². The fraction of sp³-hybridized carbons (Fsp3) is 0.188. The van der Waals surface area contributed by atoms with E-state index in [4.69, 9.17) is 0 Å². The van der Waals surface area contributed by atoms with E-state index in [-0.39, 0.29) is 11.6 Å². The number of Topliss-reactive ketones (excluding diaryl/α,β-unsaturated/α-hetero) is 1. The minimum absolute atomic E-state index is 0.0123. The SMILES string of the molecule is Cc1ccc(CC(=O)c2ccc(F)cc2)cc1C. The third-order valence-corrected chi connectivity index (χ3v) is 3.10. The lowest BCUT2D eigenvalue weighted by Crippen LogP contribution is -2.04. The molecule has 1 nitrogen and oxygen atoms in total. The summed E-state index contributed by atoms with van der Waals surface area (Å²) < 4.78 is 12.8. The maximum atomic E-state index is 12.8. The van der Waals surface area contributed by atoms with Crippen molar-refractivity contribution in [2.75, 3.05) is 0 Å². The van der Waals surface area contributed by atoms with Gasteiger partial charge in [0.05, 0.1) is 0 Å². The highest BCUT2D eigenvalue weighted by Gasteiger charge is 2.07. The van der Waals surface area contributed by atoms with Gasteiger partial charge in [-0.05, 0) is 54.8 Å². The second kappa shape index (κ2) is 5.13. The average molecular weight is 242 g/mol. The molecule has 2 aromatic carbocycles. The van der Waals surface area contributed by atoms with Crippen molar-refractivity contribution in [3.63, 3.8) is 0 Å². The smallest absolute Gasteiger partial charge is 0.167 e. The van der Waals surface area contributed by atoms with Crippen LogP contribution < -0.4 is 0 Å². The molecule has 0 aliphatic carbocycles. The molecular formula is C16H15FO. The first-order valence-corrected chi connectivity index (χ1v) is 5.91. The van der Waals surface area contributed by atoms with E-state index >= 15 is 0 Å². The molecule has 2 aromatic rings. The molecule has 0 atom stereocenters. The van der Waals surface area contributed by atoms with Gasteiger partial charge in [-0.3, -0.25) is 4.79 Å². The second-order valence-corrected chi connectivity index (χ2v) is 4.53. The topological polar surface area (TPSA) is 17.1 Å². The van der Waals surface area contributed by atoms with Gasteiger partial charge in [-0.25, -0.2) is 4.39 Å². The van der Waals surface area contributed by atoms with Crippen LogP contribution in [0.1, 0.15) is 27.0 Å². The minimum Gasteiger partial charge on any atom is -0.294 e. The normalized spacial score (nSPS) is 10.4. The van der Waals surface area contributed by atoms with Crippen molar-refractivity contribution in [3.05, 3.63) is 70.5 Å². The Labute approximate surface area is 106 Å². The lowest BCUT2D eigenvalue weighted by atomic mass is 9.99.